The number of hydrogen-bond acceptors (Lipinski definition) is 4. The molecule has 0 aliphatic carbocycles. The van der Waals surface area contributed by atoms with Gasteiger partial charge in [0.1, 0.15) is 16.8 Å². The molecule has 7 nitrogen and oxygen atoms in total. The van der Waals surface area contributed by atoms with Crippen LogP contribution >= 0.6 is 11.6 Å². The number of carboxylic acid groups (broad SMARTS) is 1. The zero-order valence-corrected chi connectivity index (χ0v) is 15.5. The fraction of sp³-hybridized carbons (Fsp3) is 0.118. The van der Waals surface area contributed by atoms with Gasteiger partial charge >= 0.3 is 12.1 Å². The zero-order valence-electron chi connectivity index (χ0n) is 14.7. The van der Waals surface area contributed by atoms with E-state index in [0.29, 0.717) is 9.36 Å². The third kappa shape index (κ3) is 3.61. The van der Waals surface area contributed by atoms with Crippen LogP contribution in [0, 0.1) is 11.6 Å². The molecule has 0 amide bonds. The summed E-state index contributed by atoms with van der Waals surface area (Å²) in [5, 5.41) is 26.0. The Balaban J connectivity index is 2.23. The lowest BCUT2D eigenvalue weighted by molar-refractivity contribution is -0.141. The Morgan fingerprint density at radius 3 is 2.23 bits per heavy atom. The highest BCUT2D eigenvalue weighted by molar-refractivity contribution is 6.32. The van der Waals surface area contributed by atoms with E-state index in [1.165, 1.54) is 0 Å². The first kappa shape index (κ1) is 21.3. The number of nitrogens with zero attached hydrogens (tertiary/aromatic N) is 4. The van der Waals surface area contributed by atoms with E-state index in [1.54, 1.807) is 0 Å². The Morgan fingerprint density at radius 1 is 1.10 bits per heavy atom. The molecule has 0 saturated carbocycles. The number of alkyl halides is 3. The smallest absolute Gasteiger partial charge is 0.435 e. The van der Waals surface area contributed by atoms with Crippen molar-refractivity contribution in [1.29, 1.82) is 0 Å². The number of carboxylic acids is 1. The van der Waals surface area contributed by atoms with Gasteiger partial charge in [0.15, 0.2) is 17.2 Å². The van der Waals surface area contributed by atoms with Crippen molar-refractivity contribution in [3.63, 3.8) is 0 Å². The Labute approximate surface area is 169 Å². The minimum atomic E-state index is -5.07. The van der Waals surface area contributed by atoms with E-state index in [1.807, 2.05) is 0 Å². The molecule has 0 spiro atoms. The van der Waals surface area contributed by atoms with E-state index in [9.17, 15) is 37.0 Å². The van der Waals surface area contributed by atoms with Crippen molar-refractivity contribution >= 4 is 29.0 Å². The normalized spacial score (nSPS) is 12.8. The molecule has 0 radical (unpaired) electrons. The molecule has 1 aromatic carbocycles. The molecule has 0 fully saturated rings. The van der Waals surface area contributed by atoms with Gasteiger partial charge in [0.2, 0.25) is 0 Å². The van der Waals surface area contributed by atoms with Gasteiger partial charge in [-0.05, 0) is 18.2 Å². The summed E-state index contributed by atoms with van der Waals surface area (Å²) < 4.78 is 68.7. The fourth-order valence-corrected chi connectivity index (χ4v) is 2.88. The fourth-order valence-electron chi connectivity index (χ4n) is 2.66. The quantitative estimate of drug-likeness (QED) is 0.354. The summed E-state index contributed by atoms with van der Waals surface area (Å²) in [5.41, 5.74) is -4.79. The van der Waals surface area contributed by atoms with Crippen LogP contribution in [0.3, 0.4) is 0 Å². The molecule has 0 aliphatic heterocycles. The highest BCUT2D eigenvalue weighted by Gasteiger charge is 2.41. The maximum atomic E-state index is 13.9. The first-order valence-corrected chi connectivity index (χ1v) is 8.28. The maximum absolute atomic E-state index is 13.9. The summed E-state index contributed by atoms with van der Waals surface area (Å²) in [6.07, 6.45) is -4.16. The molecule has 2 heterocycles. The van der Waals surface area contributed by atoms with Gasteiger partial charge in [0.25, 0.3) is 0 Å². The van der Waals surface area contributed by atoms with Crippen LogP contribution in [0.2, 0.25) is 5.15 Å². The first-order chi connectivity index (χ1) is 13.9. The second-order valence-electron chi connectivity index (χ2n) is 5.88. The molecule has 3 rings (SSSR count). The number of aromatic nitrogens is 4. The monoisotopic (exact) mass is 448 g/mol. The Bertz CT molecular complexity index is 1160. The molecule has 30 heavy (non-hydrogen) atoms. The topological polar surface area (TPSA) is 93.2 Å². The maximum Gasteiger partial charge on any atom is 0.435 e. The van der Waals surface area contributed by atoms with Gasteiger partial charge in [-0.1, -0.05) is 17.7 Å². The molecule has 13 heteroatoms. The number of aliphatic hydroxyl groups excluding tert-OH is 1. The first-order valence-electron chi connectivity index (χ1n) is 7.90. The minimum absolute atomic E-state index is 0.356. The number of aryl methyl sites for hydroxylation is 1. The molecule has 2 aromatic heterocycles. The number of benzene rings is 1. The van der Waals surface area contributed by atoms with Gasteiger partial charge in [0, 0.05) is 13.2 Å². The average Bonchev–Trinajstić information content (AvgIpc) is 3.20. The van der Waals surface area contributed by atoms with Gasteiger partial charge in [-0.25, -0.2) is 18.3 Å². The lowest BCUT2D eigenvalue weighted by Gasteiger charge is -2.10. The number of rotatable bonds is 4. The molecule has 0 unspecified atom stereocenters. The van der Waals surface area contributed by atoms with Crippen LogP contribution in [0.4, 0.5) is 22.0 Å². The van der Waals surface area contributed by atoms with Crippen molar-refractivity contribution in [2.24, 2.45) is 7.05 Å². The third-order valence-corrected chi connectivity index (χ3v) is 4.38. The van der Waals surface area contributed by atoms with Crippen LogP contribution < -0.4 is 0 Å². The molecular weight excluding hydrogens is 439 g/mol. The summed E-state index contributed by atoms with van der Waals surface area (Å²) in [5.74, 6) is -5.28. The van der Waals surface area contributed by atoms with Crippen LogP contribution in [0.1, 0.15) is 11.3 Å². The SMILES string of the molecule is Cn1nc(C(F)(F)F)c(C(O)=C(C(=O)O)n2ccc(-c3c(F)cccc3F)n2)c1Cl. The Kier molecular flexibility index (Phi) is 5.29. The summed E-state index contributed by atoms with van der Waals surface area (Å²) in [6.45, 7) is 0. The van der Waals surface area contributed by atoms with Gasteiger partial charge < -0.3 is 10.2 Å². The molecule has 3 aromatic rings. The minimum Gasteiger partial charge on any atom is -0.505 e. The lowest BCUT2D eigenvalue weighted by atomic mass is 10.1. The van der Waals surface area contributed by atoms with Crippen LogP contribution in [-0.4, -0.2) is 35.7 Å². The third-order valence-electron chi connectivity index (χ3n) is 3.95. The molecule has 0 atom stereocenters. The van der Waals surface area contributed by atoms with Crippen molar-refractivity contribution in [1.82, 2.24) is 19.6 Å². The Hall–Kier alpha value is -3.41. The van der Waals surface area contributed by atoms with Crippen LogP contribution in [0.15, 0.2) is 30.5 Å². The molecule has 2 N–H and O–H groups in total. The largest absolute Gasteiger partial charge is 0.505 e. The molecule has 0 aliphatic rings. The molecule has 0 saturated heterocycles. The predicted octanol–water partition coefficient (Wildman–Crippen LogP) is 4.20. The van der Waals surface area contributed by atoms with Gasteiger partial charge in [-0.15, -0.1) is 0 Å². The van der Waals surface area contributed by atoms with Crippen LogP contribution in [0.25, 0.3) is 22.7 Å². The van der Waals surface area contributed by atoms with E-state index in [0.717, 1.165) is 37.5 Å². The van der Waals surface area contributed by atoms with Crippen molar-refractivity contribution in [3.8, 4) is 11.3 Å². The average molecular weight is 449 g/mol. The van der Waals surface area contributed by atoms with Gasteiger partial charge in [-0.3, -0.25) is 4.68 Å². The number of aliphatic hydroxyl groups is 1. The van der Waals surface area contributed by atoms with E-state index >= 15 is 0 Å². The second kappa shape index (κ2) is 7.44. The molecule has 0 bridgehead atoms. The van der Waals surface area contributed by atoms with E-state index in [-0.39, 0.29) is 5.69 Å². The number of halogens is 6. The van der Waals surface area contributed by atoms with Crippen molar-refractivity contribution in [3.05, 3.63) is 58.5 Å². The lowest BCUT2D eigenvalue weighted by Crippen LogP contribution is -2.14. The summed E-state index contributed by atoms with van der Waals surface area (Å²) in [4.78, 5) is 11.7. The number of carbonyl (C=O) groups is 1. The van der Waals surface area contributed by atoms with Crippen LogP contribution in [0.5, 0.6) is 0 Å². The molecule has 158 valence electrons. The summed E-state index contributed by atoms with van der Waals surface area (Å²) in [6, 6.07) is 4.00. The Morgan fingerprint density at radius 2 is 1.70 bits per heavy atom. The van der Waals surface area contributed by atoms with Crippen molar-refractivity contribution in [2.75, 3.05) is 0 Å². The van der Waals surface area contributed by atoms with Crippen LogP contribution in [-0.2, 0) is 18.0 Å². The number of aliphatic carboxylic acids is 1. The van der Waals surface area contributed by atoms with E-state index in [2.05, 4.69) is 10.2 Å². The van der Waals surface area contributed by atoms with E-state index in [4.69, 9.17) is 11.6 Å². The highest BCUT2D eigenvalue weighted by Crippen LogP contribution is 2.38. The highest BCUT2D eigenvalue weighted by atomic mass is 35.5. The zero-order chi connectivity index (χ0) is 22.4. The standard InChI is InChI=1S/C17H10ClF5N4O3/c1-26-15(18)11(14(25-26)17(21,22)23)13(28)12(16(29)30)27-6-5-9(24-27)10-7(19)3-2-4-8(10)20/h2-6,28H,1H3,(H,29,30). The summed E-state index contributed by atoms with van der Waals surface area (Å²) in [7, 11) is 1.06. The predicted molar refractivity (Wildman–Crippen MR) is 94.2 cm³/mol. The van der Waals surface area contributed by atoms with Crippen molar-refractivity contribution in [2.45, 2.75) is 6.18 Å². The van der Waals surface area contributed by atoms with Crippen molar-refractivity contribution < 1.29 is 37.0 Å². The second-order valence-corrected chi connectivity index (χ2v) is 6.24. The van der Waals surface area contributed by atoms with E-state index < -0.39 is 57.2 Å². The van der Waals surface area contributed by atoms with Gasteiger partial charge in [-0.2, -0.15) is 23.4 Å². The summed E-state index contributed by atoms with van der Waals surface area (Å²) >= 11 is 5.78. The van der Waals surface area contributed by atoms with Gasteiger partial charge in [0.05, 0.1) is 16.8 Å². The number of hydrogen-bond donors (Lipinski definition) is 2. The molecular formula is C17H10ClF5N4O3.